The highest BCUT2D eigenvalue weighted by atomic mass is 32.3. The molecule has 0 aromatic heterocycles. The number of aliphatic hydroxyl groups excluding tert-OH is 4. The predicted molar refractivity (Wildman–Crippen MR) is 76.3 cm³/mol. The quantitative estimate of drug-likeness (QED) is 0.162. The molecule has 1 heterocycles. The van der Waals surface area contributed by atoms with E-state index in [1.165, 1.54) is 0 Å². The molecule has 12 heteroatoms. The first-order valence-corrected chi connectivity index (χ1v) is 8.64. The lowest BCUT2D eigenvalue weighted by molar-refractivity contribution is -0.205. The SMILES string of the molecule is CCC/C(=N/OS(=O)(=O)O)S[C@@H]1O[C@H](CO)[C@@H](O)[C@H](O)[C@H]1O. The van der Waals surface area contributed by atoms with Crippen LogP contribution >= 0.6 is 11.8 Å². The third kappa shape index (κ3) is 5.62. The first kappa shape index (κ1) is 19.6. The van der Waals surface area contributed by atoms with Gasteiger partial charge in [-0.2, -0.15) is 8.42 Å². The van der Waals surface area contributed by atoms with Crippen LogP contribution in [0.1, 0.15) is 19.8 Å². The van der Waals surface area contributed by atoms with E-state index in [9.17, 15) is 23.7 Å². The van der Waals surface area contributed by atoms with Gasteiger partial charge in [-0.3, -0.25) is 4.55 Å². The fraction of sp³-hybridized carbons (Fsp3) is 0.900. The molecule has 0 saturated carbocycles. The van der Waals surface area contributed by atoms with Gasteiger partial charge in [0.15, 0.2) is 0 Å². The predicted octanol–water partition coefficient (Wildman–Crippen LogP) is -1.55. The van der Waals surface area contributed by atoms with Gasteiger partial charge in [-0.05, 0) is 12.8 Å². The van der Waals surface area contributed by atoms with Crippen LogP contribution in [0.25, 0.3) is 0 Å². The molecule has 0 aromatic rings. The molecule has 1 rings (SSSR count). The molecule has 130 valence electrons. The fourth-order valence-corrected chi connectivity index (χ4v) is 3.13. The molecule has 0 spiro atoms. The lowest BCUT2D eigenvalue weighted by atomic mass is 10.0. The van der Waals surface area contributed by atoms with Gasteiger partial charge < -0.3 is 25.2 Å². The number of aliphatic hydroxyl groups is 4. The summed E-state index contributed by atoms with van der Waals surface area (Å²) in [6.07, 6.45) is -4.80. The molecule has 0 radical (unpaired) electrons. The maximum absolute atomic E-state index is 10.5. The standard InChI is InChI=1S/C10H19NO9S2/c1-2-3-6(11-20-22(16,17)18)21-10-9(15)8(14)7(13)5(4-12)19-10/h5,7-10,12-15H,2-4H2,1H3,(H,16,17,18)/b11-6-/t5-,7-,8+,9-,10+/m1/s1. The molecule has 0 aromatic carbocycles. The molecule has 5 atom stereocenters. The van der Waals surface area contributed by atoms with Crippen LogP contribution < -0.4 is 0 Å². The Hall–Kier alpha value is -0.470. The van der Waals surface area contributed by atoms with Crippen molar-refractivity contribution in [2.45, 2.75) is 49.6 Å². The molecule has 1 aliphatic rings. The summed E-state index contributed by atoms with van der Waals surface area (Å²) in [6, 6.07) is 0. The van der Waals surface area contributed by atoms with Crippen molar-refractivity contribution in [3.05, 3.63) is 0 Å². The van der Waals surface area contributed by atoms with Crippen molar-refractivity contribution >= 4 is 27.2 Å². The maximum atomic E-state index is 10.5. The Bertz CT molecular complexity index is 481. The number of hydrogen-bond acceptors (Lipinski definition) is 10. The summed E-state index contributed by atoms with van der Waals surface area (Å²) in [5, 5.41) is 41.6. The van der Waals surface area contributed by atoms with Gasteiger partial charge in [0.1, 0.15) is 34.9 Å². The second-order valence-electron chi connectivity index (χ2n) is 4.55. The first-order chi connectivity index (χ1) is 10.2. The van der Waals surface area contributed by atoms with Crippen molar-refractivity contribution in [3.63, 3.8) is 0 Å². The number of ether oxygens (including phenoxy) is 1. The summed E-state index contributed by atoms with van der Waals surface area (Å²) >= 11 is 0.759. The monoisotopic (exact) mass is 361 g/mol. The lowest BCUT2D eigenvalue weighted by Gasteiger charge is -2.39. The smallest absolute Gasteiger partial charge is 0.394 e. The van der Waals surface area contributed by atoms with E-state index in [4.69, 9.17) is 14.4 Å². The normalized spacial score (nSPS) is 33.7. The van der Waals surface area contributed by atoms with E-state index in [0.29, 0.717) is 6.42 Å². The summed E-state index contributed by atoms with van der Waals surface area (Å²) in [6.45, 7) is 1.20. The van der Waals surface area contributed by atoms with Crippen LogP contribution in [0.15, 0.2) is 5.16 Å². The second-order valence-corrected chi connectivity index (χ2v) is 6.73. The van der Waals surface area contributed by atoms with Crippen LogP contribution in [0.5, 0.6) is 0 Å². The highest BCUT2D eigenvalue weighted by Crippen LogP contribution is 2.30. The third-order valence-corrected chi connectivity index (χ3v) is 4.23. The molecule has 0 unspecified atom stereocenters. The van der Waals surface area contributed by atoms with E-state index < -0.39 is 46.9 Å². The van der Waals surface area contributed by atoms with Crippen molar-refractivity contribution in [3.8, 4) is 0 Å². The Balaban J connectivity index is 2.83. The number of thioether (sulfide) groups is 1. The minimum Gasteiger partial charge on any atom is -0.394 e. The Morgan fingerprint density at radius 3 is 2.41 bits per heavy atom. The summed E-state index contributed by atoms with van der Waals surface area (Å²) in [5.74, 6) is 0. The molecule has 0 aliphatic carbocycles. The Labute approximate surface area is 131 Å². The average molecular weight is 361 g/mol. The Morgan fingerprint density at radius 2 is 1.91 bits per heavy atom. The van der Waals surface area contributed by atoms with Crippen molar-refractivity contribution in [2.24, 2.45) is 5.16 Å². The van der Waals surface area contributed by atoms with Gasteiger partial charge in [0.25, 0.3) is 0 Å². The van der Waals surface area contributed by atoms with E-state index in [0.717, 1.165) is 11.8 Å². The zero-order chi connectivity index (χ0) is 16.9. The molecular weight excluding hydrogens is 342 g/mol. The van der Waals surface area contributed by atoms with Crippen LogP contribution in [0.3, 0.4) is 0 Å². The molecule has 5 N–H and O–H groups in total. The van der Waals surface area contributed by atoms with E-state index in [1.807, 2.05) is 0 Å². The first-order valence-electron chi connectivity index (χ1n) is 6.39. The molecular formula is C10H19NO9S2. The molecule has 0 amide bonds. The zero-order valence-electron chi connectivity index (χ0n) is 11.6. The highest BCUT2D eigenvalue weighted by molar-refractivity contribution is 8.14. The second kappa shape index (κ2) is 8.40. The Kier molecular flexibility index (Phi) is 7.48. The van der Waals surface area contributed by atoms with Crippen molar-refractivity contribution in [1.82, 2.24) is 0 Å². The van der Waals surface area contributed by atoms with Gasteiger partial charge in [-0.25, -0.2) is 4.28 Å². The molecule has 0 bridgehead atoms. The van der Waals surface area contributed by atoms with Gasteiger partial charge in [0.05, 0.1) is 6.61 Å². The number of hydrogen-bond donors (Lipinski definition) is 5. The molecule has 1 saturated heterocycles. The van der Waals surface area contributed by atoms with E-state index >= 15 is 0 Å². The summed E-state index contributed by atoms with van der Waals surface area (Å²) in [4.78, 5) is 0. The maximum Gasteiger partial charge on any atom is 0.466 e. The van der Waals surface area contributed by atoms with Crippen LogP contribution in [0.4, 0.5) is 0 Å². The van der Waals surface area contributed by atoms with Crippen molar-refractivity contribution in [1.29, 1.82) is 0 Å². The number of oxime groups is 1. The largest absolute Gasteiger partial charge is 0.466 e. The molecule has 1 aliphatic heterocycles. The minimum atomic E-state index is -4.76. The van der Waals surface area contributed by atoms with E-state index in [2.05, 4.69) is 9.44 Å². The van der Waals surface area contributed by atoms with Crippen molar-refractivity contribution < 1.29 is 42.4 Å². The average Bonchev–Trinajstić information content (AvgIpc) is 2.44. The molecule has 10 nitrogen and oxygen atoms in total. The lowest BCUT2D eigenvalue weighted by Crippen LogP contribution is -2.57. The van der Waals surface area contributed by atoms with E-state index in [-0.39, 0.29) is 11.5 Å². The molecule has 22 heavy (non-hydrogen) atoms. The highest BCUT2D eigenvalue weighted by Gasteiger charge is 2.44. The fourth-order valence-electron chi connectivity index (χ4n) is 1.73. The topological polar surface area (TPSA) is 166 Å². The van der Waals surface area contributed by atoms with Crippen LogP contribution in [-0.4, -0.2) is 74.9 Å². The van der Waals surface area contributed by atoms with Gasteiger partial charge in [-0.15, -0.1) is 0 Å². The van der Waals surface area contributed by atoms with Crippen LogP contribution in [0, 0.1) is 0 Å². The summed E-state index contributed by atoms with van der Waals surface area (Å²) in [5.41, 5.74) is -1.11. The third-order valence-electron chi connectivity index (χ3n) is 2.80. The Morgan fingerprint density at radius 1 is 1.27 bits per heavy atom. The van der Waals surface area contributed by atoms with Gasteiger partial charge in [0, 0.05) is 0 Å². The molecule has 1 fully saturated rings. The number of rotatable bonds is 6. The van der Waals surface area contributed by atoms with Crippen LogP contribution in [-0.2, 0) is 19.4 Å². The van der Waals surface area contributed by atoms with Gasteiger partial charge in [0.2, 0.25) is 0 Å². The summed E-state index contributed by atoms with van der Waals surface area (Å²) < 4.78 is 38.7. The minimum absolute atomic E-state index is 0.0875. The van der Waals surface area contributed by atoms with Crippen molar-refractivity contribution in [2.75, 3.05) is 6.61 Å². The van der Waals surface area contributed by atoms with Crippen LogP contribution in [0.2, 0.25) is 0 Å². The summed E-state index contributed by atoms with van der Waals surface area (Å²) in [7, 11) is -4.76. The zero-order valence-corrected chi connectivity index (χ0v) is 13.3. The van der Waals surface area contributed by atoms with Gasteiger partial charge in [-0.1, -0.05) is 23.8 Å². The van der Waals surface area contributed by atoms with E-state index in [1.54, 1.807) is 6.92 Å². The van der Waals surface area contributed by atoms with Gasteiger partial charge >= 0.3 is 10.4 Å². The number of nitrogens with zero attached hydrogens (tertiary/aromatic N) is 1.